The van der Waals surface area contributed by atoms with Crippen LogP contribution in [0.15, 0.2) is 18.2 Å². The highest BCUT2D eigenvalue weighted by molar-refractivity contribution is 5.37. The number of aryl methyl sites for hydroxylation is 1. The van der Waals surface area contributed by atoms with E-state index >= 15 is 0 Å². The summed E-state index contributed by atoms with van der Waals surface area (Å²) in [5.41, 5.74) is 2.28. The highest BCUT2D eigenvalue weighted by Gasteiger charge is 2.21. The molecule has 0 radical (unpaired) electrons. The van der Waals surface area contributed by atoms with E-state index in [-0.39, 0.29) is 12.6 Å². The van der Waals surface area contributed by atoms with Crippen LogP contribution < -0.4 is 10.1 Å². The Hall–Kier alpha value is -1.10. The zero-order valence-electron chi connectivity index (χ0n) is 11.1. The molecule has 0 amide bonds. The first-order chi connectivity index (χ1) is 8.76. The summed E-state index contributed by atoms with van der Waals surface area (Å²) in [5, 5.41) is 13.0. The summed E-state index contributed by atoms with van der Waals surface area (Å²) in [7, 11) is 1.68. The van der Waals surface area contributed by atoms with Crippen molar-refractivity contribution in [3.8, 4) is 5.75 Å². The Balaban J connectivity index is 2.18. The Bertz CT molecular complexity index is 389. The first kappa shape index (κ1) is 13.3. The van der Waals surface area contributed by atoms with E-state index in [1.165, 1.54) is 0 Å². The molecule has 1 aliphatic rings. The van der Waals surface area contributed by atoms with Crippen molar-refractivity contribution in [1.82, 2.24) is 10.2 Å². The molecule has 1 fully saturated rings. The van der Waals surface area contributed by atoms with E-state index in [9.17, 15) is 5.11 Å². The Morgan fingerprint density at radius 3 is 2.67 bits per heavy atom. The van der Waals surface area contributed by atoms with Crippen molar-refractivity contribution in [2.24, 2.45) is 0 Å². The third kappa shape index (κ3) is 2.83. The molecular weight excluding hydrogens is 228 g/mol. The third-order valence-electron chi connectivity index (χ3n) is 3.57. The normalized spacial score (nSPS) is 18.6. The first-order valence-electron chi connectivity index (χ1n) is 6.46. The van der Waals surface area contributed by atoms with Crippen LogP contribution in [-0.4, -0.2) is 49.9 Å². The maximum atomic E-state index is 9.66. The lowest BCUT2D eigenvalue weighted by molar-refractivity contribution is 0.111. The van der Waals surface area contributed by atoms with Crippen LogP contribution in [0.25, 0.3) is 0 Å². The maximum Gasteiger partial charge on any atom is 0.121 e. The van der Waals surface area contributed by atoms with Gasteiger partial charge in [0.15, 0.2) is 0 Å². The minimum absolute atomic E-state index is 0.0942. The summed E-state index contributed by atoms with van der Waals surface area (Å²) in [4.78, 5) is 2.33. The van der Waals surface area contributed by atoms with Crippen LogP contribution in [0.4, 0.5) is 0 Å². The monoisotopic (exact) mass is 250 g/mol. The highest BCUT2D eigenvalue weighted by Crippen LogP contribution is 2.26. The average molecular weight is 250 g/mol. The molecule has 1 saturated heterocycles. The fourth-order valence-corrected chi connectivity index (χ4v) is 2.53. The number of nitrogens with zero attached hydrogens (tertiary/aromatic N) is 1. The molecule has 0 aromatic heterocycles. The molecule has 100 valence electrons. The van der Waals surface area contributed by atoms with Crippen molar-refractivity contribution in [1.29, 1.82) is 0 Å². The Kier molecular flexibility index (Phi) is 4.58. The number of hydrogen-bond donors (Lipinski definition) is 2. The number of benzene rings is 1. The zero-order valence-corrected chi connectivity index (χ0v) is 11.1. The van der Waals surface area contributed by atoms with E-state index in [4.69, 9.17) is 4.74 Å². The quantitative estimate of drug-likeness (QED) is 0.835. The second-order valence-electron chi connectivity index (χ2n) is 4.71. The largest absolute Gasteiger partial charge is 0.496 e. The third-order valence-corrected chi connectivity index (χ3v) is 3.57. The first-order valence-corrected chi connectivity index (χ1v) is 6.46. The van der Waals surface area contributed by atoms with Crippen LogP contribution in [0.1, 0.15) is 17.2 Å². The van der Waals surface area contributed by atoms with Crippen LogP contribution in [0.5, 0.6) is 5.75 Å². The van der Waals surface area contributed by atoms with Gasteiger partial charge in [-0.25, -0.2) is 0 Å². The van der Waals surface area contributed by atoms with Crippen molar-refractivity contribution in [3.63, 3.8) is 0 Å². The van der Waals surface area contributed by atoms with E-state index in [1.54, 1.807) is 7.11 Å². The summed E-state index contributed by atoms with van der Waals surface area (Å²) in [6.45, 7) is 6.14. The standard InChI is InChI=1S/C14H22N2O2/c1-11-9-12(3-4-14(11)18-2)13(10-17)16-7-5-15-6-8-16/h3-4,9,13,15,17H,5-8,10H2,1-2H3. The lowest BCUT2D eigenvalue weighted by Gasteiger charge is -2.34. The van der Waals surface area contributed by atoms with Gasteiger partial charge in [-0.3, -0.25) is 4.90 Å². The molecule has 1 atom stereocenters. The van der Waals surface area contributed by atoms with Gasteiger partial charge in [-0.15, -0.1) is 0 Å². The topological polar surface area (TPSA) is 44.7 Å². The van der Waals surface area contributed by atoms with Crippen molar-refractivity contribution >= 4 is 0 Å². The van der Waals surface area contributed by atoms with Crippen LogP contribution in [0.2, 0.25) is 0 Å². The van der Waals surface area contributed by atoms with E-state index < -0.39 is 0 Å². The molecule has 0 saturated carbocycles. The van der Waals surface area contributed by atoms with Crippen LogP contribution in [0, 0.1) is 6.92 Å². The molecule has 18 heavy (non-hydrogen) atoms. The van der Waals surface area contributed by atoms with Gasteiger partial charge in [0.05, 0.1) is 19.8 Å². The van der Waals surface area contributed by atoms with Crippen molar-refractivity contribution in [3.05, 3.63) is 29.3 Å². The van der Waals surface area contributed by atoms with Gasteiger partial charge in [0.25, 0.3) is 0 Å². The number of aliphatic hydroxyl groups is 1. The van der Waals surface area contributed by atoms with Gasteiger partial charge >= 0.3 is 0 Å². The summed E-state index contributed by atoms with van der Waals surface area (Å²) in [5.74, 6) is 0.899. The van der Waals surface area contributed by atoms with Gasteiger partial charge in [-0.05, 0) is 24.1 Å². The van der Waals surface area contributed by atoms with Gasteiger partial charge < -0.3 is 15.2 Å². The molecule has 0 spiro atoms. The summed E-state index contributed by atoms with van der Waals surface area (Å²) >= 11 is 0. The molecule has 2 N–H and O–H groups in total. The van der Waals surface area contributed by atoms with Crippen molar-refractivity contribution < 1.29 is 9.84 Å². The van der Waals surface area contributed by atoms with E-state index in [1.807, 2.05) is 13.0 Å². The fourth-order valence-electron chi connectivity index (χ4n) is 2.53. The minimum atomic E-state index is 0.0942. The SMILES string of the molecule is COc1ccc(C(CO)N2CCNCC2)cc1C. The maximum absolute atomic E-state index is 9.66. The predicted octanol–water partition coefficient (Wildman–Crippen LogP) is 0.942. The number of ether oxygens (including phenoxy) is 1. The van der Waals surface area contributed by atoms with Gasteiger partial charge in [-0.1, -0.05) is 12.1 Å². The van der Waals surface area contributed by atoms with Gasteiger partial charge in [0.1, 0.15) is 5.75 Å². The molecule has 4 heteroatoms. The average Bonchev–Trinajstić information content (AvgIpc) is 2.41. The Morgan fingerprint density at radius 2 is 2.11 bits per heavy atom. The van der Waals surface area contributed by atoms with Crippen LogP contribution >= 0.6 is 0 Å². The van der Waals surface area contributed by atoms with Gasteiger partial charge in [-0.2, -0.15) is 0 Å². The number of rotatable bonds is 4. The van der Waals surface area contributed by atoms with Crippen molar-refractivity contribution in [2.45, 2.75) is 13.0 Å². The summed E-state index contributed by atoms with van der Waals surface area (Å²) in [6, 6.07) is 6.24. The fraction of sp³-hybridized carbons (Fsp3) is 0.571. The lowest BCUT2D eigenvalue weighted by atomic mass is 10.0. The molecule has 0 bridgehead atoms. The second-order valence-corrected chi connectivity index (χ2v) is 4.71. The summed E-state index contributed by atoms with van der Waals surface area (Å²) < 4.78 is 5.27. The number of piperazine rings is 1. The van der Waals surface area contributed by atoms with E-state index in [0.29, 0.717) is 0 Å². The Labute approximate surface area is 109 Å². The number of hydrogen-bond acceptors (Lipinski definition) is 4. The number of methoxy groups -OCH3 is 1. The zero-order chi connectivity index (χ0) is 13.0. The van der Waals surface area contributed by atoms with Crippen molar-refractivity contribution in [2.75, 3.05) is 39.9 Å². The number of nitrogens with one attached hydrogen (secondary N) is 1. The molecule has 1 heterocycles. The molecule has 1 unspecified atom stereocenters. The molecule has 1 aliphatic heterocycles. The van der Waals surface area contributed by atoms with Crippen LogP contribution in [0.3, 0.4) is 0 Å². The van der Waals surface area contributed by atoms with E-state index in [0.717, 1.165) is 43.1 Å². The molecule has 4 nitrogen and oxygen atoms in total. The van der Waals surface area contributed by atoms with Gasteiger partial charge in [0.2, 0.25) is 0 Å². The van der Waals surface area contributed by atoms with Crippen LogP contribution in [-0.2, 0) is 0 Å². The highest BCUT2D eigenvalue weighted by atomic mass is 16.5. The van der Waals surface area contributed by atoms with Gasteiger partial charge in [0, 0.05) is 26.2 Å². The predicted molar refractivity (Wildman–Crippen MR) is 72.0 cm³/mol. The van der Waals surface area contributed by atoms with E-state index in [2.05, 4.69) is 22.3 Å². The minimum Gasteiger partial charge on any atom is -0.496 e. The lowest BCUT2D eigenvalue weighted by Crippen LogP contribution is -2.46. The molecule has 1 aromatic carbocycles. The summed E-state index contributed by atoms with van der Waals surface area (Å²) in [6.07, 6.45) is 0. The molecule has 1 aromatic rings. The molecular formula is C14H22N2O2. The smallest absolute Gasteiger partial charge is 0.121 e. The second kappa shape index (κ2) is 6.18. The molecule has 0 aliphatic carbocycles. The number of aliphatic hydroxyl groups excluding tert-OH is 1. The Morgan fingerprint density at radius 1 is 1.39 bits per heavy atom. The molecule has 2 rings (SSSR count).